The molecule has 0 saturated carbocycles. The molecule has 0 atom stereocenters. The van der Waals surface area contributed by atoms with Crippen LogP contribution >= 0.6 is 0 Å². The molecule has 0 fully saturated rings. The predicted molar refractivity (Wildman–Crippen MR) is 76.4 cm³/mol. The molecular formula is C15H18N4O. The average Bonchev–Trinajstić information content (AvgIpc) is 3.00. The van der Waals surface area contributed by atoms with Gasteiger partial charge in [0.05, 0.1) is 6.54 Å². The maximum atomic E-state index is 12.3. The van der Waals surface area contributed by atoms with Gasteiger partial charge in [0, 0.05) is 31.0 Å². The lowest BCUT2D eigenvalue weighted by Gasteiger charge is -2.19. The molecule has 0 spiro atoms. The van der Waals surface area contributed by atoms with Crippen LogP contribution in [-0.2, 0) is 19.5 Å². The highest BCUT2D eigenvalue weighted by atomic mass is 16.1. The number of rotatable bonds is 4. The molecule has 1 aromatic carbocycles. The first-order valence-corrected chi connectivity index (χ1v) is 6.92. The van der Waals surface area contributed by atoms with Crippen LogP contribution in [0.25, 0.3) is 0 Å². The van der Waals surface area contributed by atoms with Crippen molar-refractivity contribution < 1.29 is 4.79 Å². The molecule has 1 aromatic heterocycles. The molecule has 104 valence electrons. The normalized spacial score (nSPS) is 13.8. The third-order valence-corrected chi connectivity index (χ3v) is 3.57. The quantitative estimate of drug-likeness (QED) is 0.870. The van der Waals surface area contributed by atoms with E-state index in [0.29, 0.717) is 13.1 Å². The molecule has 5 nitrogen and oxygen atoms in total. The molecule has 2 heterocycles. The van der Waals surface area contributed by atoms with Crippen LogP contribution in [-0.4, -0.2) is 28.8 Å². The average molecular weight is 270 g/mol. The van der Waals surface area contributed by atoms with Gasteiger partial charge in [-0.2, -0.15) is 5.10 Å². The van der Waals surface area contributed by atoms with Gasteiger partial charge in [0.25, 0.3) is 5.91 Å². The van der Waals surface area contributed by atoms with Crippen LogP contribution in [0, 0.1) is 0 Å². The summed E-state index contributed by atoms with van der Waals surface area (Å²) in [5.41, 5.74) is 3.23. The Morgan fingerprint density at radius 2 is 2.35 bits per heavy atom. The Bertz CT molecular complexity index is 592. The van der Waals surface area contributed by atoms with Gasteiger partial charge in [0.1, 0.15) is 0 Å². The molecule has 5 heteroatoms. The van der Waals surface area contributed by atoms with Crippen LogP contribution in [0.3, 0.4) is 0 Å². The van der Waals surface area contributed by atoms with E-state index in [1.54, 1.807) is 6.20 Å². The Morgan fingerprint density at radius 1 is 1.40 bits per heavy atom. The Kier molecular flexibility index (Phi) is 3.78. The largest absolute Gasteiger partial charge is 0.350 e. The molecule has 3 rings (SSSR count). The monoisotopic (exact) mass is 270 g/mol. The second-order valence-electron chi connectivity index (χ2n) is 4.90. The van der Waals surface area contributed by atoms with Crippen LogP contribution in [0.15, 0.2) is 36.7 Å². The van der Waals surface area contributed by atoms with E-state index in [9.17, 15) is 4.79 Å². The fourth-order valence-corrected chi connectivity index (χ4v) is 2.56. The minimum absolute atomic E-state index is 0.0101. The summed E-state index contributed by atoms with van der Waals surface area (Å²) in [6, 6.07) is 7.83. The Hall–Kier alpha value is -2.14. The van der Waals surface area contributed by atoms with Crippen LogP contribution in [0.2, 0.25) is 0 Å². The third kappa shape index (κ3) is 2.72. The topological polar surface area (TPSA) is 59.0 Å². The molecule has 20 heavy (non-hydrogen) atoms. The van der Waals surface area contributed by atoms with Gasteiger partial charge in [0.15, 0.2) is 0 Å². The Labute approximate surface area is 118 Å². The number of benzene rings is 1. The molecule has 0 radical (unpaired) electrons. The lowest BCUT2D eigenvalue weighted by atomic mass is 9.95. The predicted octanol–water partition coefficient (Wildman–Crippen LogP) is 0.959. The number of amides is 1. The van der Waals surface area contributed by atoms with Crippen LogP contribution in [0.1, 0.15) is 21.5 Å². The molecule has 0 bridgehead atoms. The molecular weight excluding hydrogens is 252 g/mol. The first kappa shape index (κ1) is 12.9. The number of hydrogen-bond donors (Lipinski definition) is 2. The van der Waals surface area contributed by atoms with Crippen molar-refractivity contribution in [3.05, 3.63) is 53.3 Å². The van der Waals surface area contributed by atoms with Gasteiger partial charge < -0.3 is 10.6 Å². The van der Waals surface area contributed by atoms with Crippen molar-refractivity contribution in [3.8, 4) is 0 Å². The summed E-state index contributed by atoms with van der Waals surface area (Å²) < 4.78 is 1.81. The molecule has 0 aliphatic carbocycles. The number of nitrogens with one attached hydrogen (secondary N) is 2. The molecule has 1 aliphatic heterocycles. The number of carbonyl (C=O) groups is 1. The zero-order valence-electron chi connectivity index (χ0n) is 11.3. The van der Waals surface area contributed by atoms with Gasteiger partial charge in [-0.25, -0.2) is 0 Å². The Morgan fingerprint density at radius 3 is 3.20 bits per heavy atom. The third-order valence-electron chi connectivity index (χ3n) is 3.57. The number of aromatic nitrogens is 2. The summed E-state index contributed by atoms with van der Waals surface area (Å²) in [6.45, 7) is 3.06. The smallest absolute Gasteiger partial charge is 0.251 e. The van der Waals surface area contributed by atoms with E-state index in [0.717, 1.165) is 25.1 Å². The van der Waals surface area contributed by atoms with Crippen LogP contribution < -0.4 is 10.6 Å². The molecule has 2 aromatic rings. The molecule has 0 saturated heterocycles. The van der Waals surface area contributed by atoms with Crippen molar-refractivity contribution >= 4 is 5.91 Å². The lowest BCUT2D eigenvalue weighted by Crippen LogP contribution is -2.31. The summed E-state index contributed by atoms with van der Waals surface area (Å²) in [5.74, 6) is 0.0101. The van der Waals surface area contributed by atoms with E-state index in [-0.39, 0.29) is 5.91 Å². The maximum Gasteiger partial charge on any atom is 0.251 e. The standard InChI is InChI=1S/C15H18N4O/c20-15(17-8-10-19-9-2-6-18-19)14-4-1-3-12-11-16-7-5-13(12)14/h1-4,6,9,16H,5,7-8,10-11H2,(H,17,20). The zero-order valence-corrected chi connectivity index (χ0v) is 11.3. The van der Waals surface area contributed by atoms with Gasteiger partial charge >= 0.3 is 0 Å². The lowest BCUT2D eigenvalue weighted by molar-refractivity contribution is 0.0950. The number of nitrogens with zero attached hydrogens (tertiary/aromatic N) is 2. The SMILES string of the molecule is O=C(NCCn1cccn1)c1cccc2c1CCNC2. The van der Waals surface area contributed by atoms with Gasteiger partial charge in [-0.15, -0.1) is 0 Å². The van der Waals surface area contributed by atoms with Crippen molar-refractivity contribution in [1.82, 2.24) is 20.4 Å². The highest BCUT2D eigenvalue weighted by Crippen LogP contribution is 2.18. The van der Waals surface area contributed by atoms with Gasteiger partial charge in [-0.3, -0.25) is 9.48 Å². The molecule has 0 unspecified atom stereocenters. The maximum absolute atomic E-state index is 12.3. The van der Waals surface area contributed by atoms with E-state index < -0.39 is 0 Å². The second kappa shape index (κ2) is 5.88. The highest BCUT2D eigenvalue weighted by Gasteiger charge is 2.16. The summed E-state index contributed by atoms with van der Waals surface area (Å²) in [7, 11) is 0. The van der Waals surface area contributed by atoms with Crippen molar-refractivity contribution in [2.75, 3.05) is 13.1 Å². The fraction of sp³-hybridized carbons (Fsp3) is 0.333. The number of carbonyl (C=O) groups excluding carboxylic acids is 1. The summed E-state index contributed by atoms with van der Waals surface area (Å²) in [5, 5.41) is 10.4. The van der Waals surface area contributed by atoms with Crippen molar-refractivity contribution in [2.45, 2.75) is 19.5 Å². The highest BCUT2D eigenvalue weighted by molar-refractivity contribution is 5.96. The summed E-state index contributed by atoms with van der Waals surface area (Å²) in [6.07, 6.45) is 4.54. The Balaban J connectivity index is 1.65. The molecule has 1 aliphatic rings. The summed E-state index contributed by atoms with van der Waals surface area (Å²) in [4.78, 5) is 12.3. The van der Waals surface area contributed by atoms with Crippen molar-refractivity contribution in [2.24, 2.45) is 0 Å². The van der Waals surface area contributed by atoms with Crippen LogP contribution in [0.5, 0.6) is 0 Å². The minimum atomic E-state index is 0.0101. The van der Waals surface area contributed by atoms with Gasteiger partial charge in [0.2, 0.25) is 0 Å². The number of fused-ring (bicyclic) bond motifs is 1. The van der Waals surface area contributed by atoms with E-state index >= 15 is 0 Å². The molecule has 2 N–H and O–H groups in total. The van der Waals surface area contributed by atoms with Crippen molar-refractivity contribution in [3.63, 3.8) is 0 Å². The van der Waals surface area contributed by atoms with Gasteiger partial charge in [-0.05, 0) is 36.2 Å². The van der Waals surface area contributed by atoms with E-state index in [1.807, 2.05) is 29.1 Å². The van der Waals surface area contributed by atoms with Crippen LogP contribution in [0.4, 0.5) is 0 Å². The first-order chi connectivity index (χ1) is 9.84. The first-order valence-electron chi connectivity index (χ1n) is 6.92. The molecule has 1 amide bonds. The second-order valence-corrected chi connectivity index (χ2v) is 4.90. The zero-order chi connectivity index (χ0) is 13.8. The van der Waals surface area contributed by atoms with Gasteiger partial charge in [-0.1, -0.05) is 12.1 Å². The van der Waals surface area contributed by atoms with E-state index in [4.69, 9.17) is 0 Å². The fourth-order valence-electron chi connectivity index (χ4n) is 2.56. The minimum Gasteiger partial charge on any atom is -0.350 e. The van der Waals surface area contributed by atoms with E-state index in [2.05, 4.69) is 21.8 Å². The number of hydrogen-bond acceptors (Lipinski definition) is 3. The van der Waals surface area contributed by atoms with Crippen molar-refractivity contribution in [1.29, 1.82) is 0 Å². The van der Waals surface area contributed by atoms with E-state index in [1.165, 1.54) is 11.1 Å². The summed E-state index contributed by atoms with van der Waals surface area (Å²) >= 11 is 0.